The van der Waals surface area contributed by atoms with Crippen molar-refractivity contribution < 1.29 is 15.0 Å². The molecule has 4 heteroatoms. The molecule has 0 amide bonds. The average Bonchev–Trinajstić information content (AvgIpc) is 2.24. The monoisotopic (exact) mass is 227 g/mol. The molecule has 16 heavy (non-hydrogen) atoms. The van der Waals surface area contributed by atoms with E-state index in [-0.39, 0.29) is 12.0 Å². The van der Waals surface area contributed by atoms with Gasteiger partial charge in [0, 0.05) is 6.04 Å². The van der Waals surface area contributed by atoms with Crippen LogP contribution in [0.25, 0.3) is 0 Å². The third-order valence-electron chi connectivity index (χ3n) is 4.29. The maximum atomic E-state index is 10.7. The van der Waals surface area contributed by atoms with Crippen LogP contribution in [0.2, 0.25) is 0 Å². The standard InChI is InChI=1S/C12H21NO3/c1-2-8-3-4-13-10(5-8)12(16)6-9(7-12)11(14)15/h8-10,13,16H,2-7H2,1H3,(H,14,15). The quantitative estimate of drug-likeness (QED) is 0.672. The van der Waals surface area contributed by atoms with Crippen molar-refractivity contribution in [2.75, 3.05) is 6.54 Å². The zero-order valence-corrected chi connectivity index (χ0v) is 9.78. The van der Waals surface area contributed by atoms with Crippen molar-refractivity contribution in [1.82, 2.24) is 5.32 Å². The van der Waals surface area contributed by atoms with Gasteiger partial charge in [-0.3, -0.25) is 4.79 Å². The van der Waals surface area contributed by atoms with Crippen molar-refractivity contribution in [2.24, 2.45) is 11.8 Å². The Morgan fingerprint density at radius 2 is 2.19 bits per heavy atom. The minimum atomic E-state index is -0.771. The van der Waals surface area contributed by atoms with Gasteiger partial charge in [0.1, 0.15) is 0 Å². The van der Waals surface area contributed by atoms with E-state index in [2.05, 4.69) is 12.2 Å². The molecule has 0 radical (unpaired) electrons. The molecule has 0 bridgehead atoms. The van der Waals surface area contributed by atoms with Gasteiger partial charge in [0.25, 0.3) is 0 Å². The SMILES string of the molecule is CCC1CCNC(C2(O)CC(C(=O)O)C2)C1. The van der Waals surface area contributed by atoms with E-state index < -0.39 is 11.6 Å². The third kappa shape index (κ3) is 2.09. The minimum absolute atomic E-state index is 0.0989. The van der Waals surface area contributed by atoms with Crippen LogP contribution in [-0.4, -0.2) is 34.4 Å². The zero-order chi connectivity index (χ0) is 11.8. The Kier molecular flexibility index (Phi) is 3.22. The normalized spacial score (nSPS) is 43.8. The maximum Gasteiger partial charge on any atom is 0.306 e. The molecule has 0 spiro atoms. The highest BCUT2D eigenvalue weighted by Gasteiger charge is 2.51. The Labute approximate surface area is 96.0 Å². The molecule has 92 valence electrons. The lowest BCUT2D eigenvalue weighted by Crippen LogP contribution is -2.61. The summed E-state index contributed by atoms with van der Waals surface area (Å²) in [6.07, 6.45) is 4.13. The van der Waals surface area contributed by atoms with E-state index in [0.29, 0.717) is 18.8 Å². The predicted octanol–water partition coefficient (Wildman–Crippen LogP) is 0.990. The van der Waals surface area contributed by atoms with Crippen LogP contribution in [0.15, 0.2) is 0 Å². The van der Waals surface area contributed by atoms with E-state index in [1.165, 1.54) is 6.42 Å². The molecule has 4 nitrogen and oxygen atoms in total. The fourth-order valence-electron chi connectivity index (χ4n) is 3.03. The Morgan fingerprint density at radius 1 is 1.50 bits per heavy atom. The number of aliphatic hydroxyl groups is 1. The fourth-order valence-corrected chi connectivity index (χ4v) is 3.03. The van der Waals surface area contributed by atoms with Gasteiger partial charge in [-0.05, 0) is 38.1 Å². The van der Waals surface area contributed by atoms with Gasteiger partial charge in [-0.2, -0.15) is 0 Å². The Balaban J connectivity index is 1.90. The number of aliphatic carboxylic acids is 1. The smallest absolute Gasteiger partial charge is 0.306 e. The highest BCUT2D eigenvalue weighted by Crippen LogP contribution is 2.43. The maximum absolute atomic E-state index is 10.7. The summed E-state index contributed by atoms with van der Waals surface area (Å²) in [5.74, 6) is -0.430. The summed E-state index contributed by atoms with van der Waals surface area (Å²) in [4.78, 5) is 10.7. The number of carboxylic acid groups (broad SMARTS) is 1. The zero-order valence-electron chi connectivity index (χ0n) is 9.78. The number of rotatable bonds is 3. The lowest BCUT2D eigenvalue weighted by molar-refractivity contribution is -0.164. The van der Waals surface area contributed by atoms with Gasteiger partial charge >= 0.3 is 5.97 Å². The summed E-state index contributed by atoms with van der Waals surface area (Å²) in [7, 11) is 0. The van der Waals surface area contributed by atoms with Crippen LogP contribution >= 0.6 is 0 Å². The van der Waals surface area contributed by atoms with Crippen LogP contribution in [-0.2, 0) is 4.79 Å². The van der Waals surface area contributed by atoms with Crippen molar-refractivity contribution >= 4 is 5.97 Å². The third-order valence-corrected chi connectivity index (χ3v) is 4.29. The molecule has 0 aromatic rings. The van der Waals surface area contributed by atoms with E-state index in [1.54, 1.807) is 0 Å². The Hall–Kier alpha value is -0.610. The van der Waals surface area contributed by atoms with Crippen LogP contribution in [0.4, 0.5) is 0 Å². The Bertz CT molecular complexity index is 273. The second kappa shape index (κ2) is 4.34. The molecule has 2 unspecified atom stereocenters. The molecule has 0 aromatic carbocycles. The van der Waals surface area contributed by atoms with Crippen LogP contribution in [0, 0.1) is 11.8 Å². The molecule has 1 aliphatic carbocycles. The average molecular weight is 227 g/mol. The first kappa shape index (κ1) is 11.9. The van der Waals surface area contributed by atoms with Crippen LogP contribution in [0.3, 0.4) is 0 Å². The van der Waals surface area contributed by atoms with Crippen molar-refractivity contribution in [3.05, 3.63) is 0 Å². The fraction of sp³-hybridized carbons (Fsp3) is 0.917. The molecular weight excluding hydrogens is 206 g/mol. The van der Waals surface area contributed by atoms with Crippen molar-refractivity contribution in [3.8, 4) is 0 Å². The van der Waals surface area contributed by atoms with E-state index in [0.717, 1.165) is 19.4 Å². The van der Waals surface area contributed by atoms with Gasteiger partial charge in [-0.25, -0.2) is 0 Å². The molecule has 1 heterocycles. The number of hydrogen-bond acceptors (Lipinski definition) is 3. The largest absolute Gasteiger partial charge is 0.481 e. The first-order valence-electron chi connectivity index (χ1n) is 6.23. The molecule has 0 aromatic heterocycles. The summed E-state index contributed by atoms with van der Waals surface area (Å²) >= 11 is 0. The number of carboxylic acids is 1. The molecule has 2 rings (SSSR count). The minimum Gasteiger partial charge on any atom is -0.481 e. The number of hydrogen-bond donors (Lipinski definition) is 3. The van der Waals surface area contributed by atoms with Gasteiger partial charge in [0.05, 0.1) is 11.5 Å². The molecule has 2 aliphatic rings. The summed E-state index contributed by atoms with van der Waals surface area (Å²) in [6, 6.07) is 0.0989. The second-order valence-corrected chi connectivity index (χ2v) is 5.35. The van der Waals surface area contributed by atoms with E-state index in [1.807, 2.05) is 0 Å². The van der Waals surface area contributed by atoms with E-state index in [4.69, 9.17) is 5.11 Å². The first-order valence-corrected chi connectivity index (χ1v) is 6.23. The number of carbonyl (C=O) groups is 1. The van der Waals surface area contributed by atoms with E-state index in [9.17, 15) is 9.90 Å². The van der Waals surface area contributed by atoms with Crippen LogP contribution in [0.5, 0.6) is 0 Å². The van der Waals surface area contributed by atoms with E-state index >= 15 is 0 Å². The van der Waals surface area contributed by atoms with Gasteiger partial charge in [0.2, 0.25) is 0 Å². The summed E-state index contributed by atoms with van der Waals surface area (Å²) < 4.78 is 0. The molecule has 3 N–H and O–H groups in total. The second-order valence-electron chi connectivity index (χ2n) is 5.35. The molecular formula is C12H21NO3. The Morgan fingerprint density at radius 3 is 2.75 bits per heavy atom. The van der Waals surface area contributed by atoms with Gasteiger partial charge in [0.15, 0.2) is 0 Å². The van der Waals surface area contributed by atoms with Gasteiger partial charge in [-0.1, -0.05) is 13.3 Å². The topological polar surface area (TPSA) is 69.6 Å². The molecule has 2 atom stereocenters. The highest BCUT2D eigenvalue weighted by atomic mass is 16.4. The number of nitrogens with one attached hydrogen (secondary N) is 1. The van der Waals surface area contributed by atoms with Gasteiger partial charge < -0.3 is 15.5 Å². The van der Waals surface area contributed by atoms with Crippen LogP contribution in [0.1, 0.15) is 39.0 Å². The summed E-state index contributed by atoms with van der Waals surface area (Å²) in [5, 5.41) is 22.5. The van der Waals surface area contributed by atoms with Crippen molar-refractivity contribution in [2.45, 2.75) is 50.7 Å². The molecule has 2 fully saturated rings. The van der Waals surface area contributed by atoms with Crippen molar-refractivity contribution in [3.63, 3.8) is 0 Å². The molecule has 1 saturated heterocycles. The first-order chi connectivity index (χ1) is 7.55. The van der Waals surface area contributed by atoms with Gasteiger partial charge in [-0.15, -0.1) is 0 Å². The van der Waals surface area contributed by atoms with Crippen molar-refractivity contribution in [1.29, 1.82) is 0 Å². The predicted molar refractivity (Wildman–Crippen MR) is 60.1 cm³/mol. The lowest BCUT2D eigenvalue weighted by atomic mass is 9.64. The molecule has 1 aliphatic heterocycles. The van der Waals surface area contributed by atoms with Crippen LogP contribution < -0.4 is 5.32 Å². The highest BCUT2D eigenvalue weighted by molar-refractivity contribution is 5.71. The molecule has 1 saturated carbocycles. The number of piperidine rings is 1. The lowest BCUT2D eigenvalue weighted by Gasteiger charge is -2.49. The summed E-state index contributed by atoms with van der Waals surface area (Å²) in [6.45, 7) is 3.13. The summed E-state index contributed by atoms with van der Waals surface area (Å²) in [5.41, 5.74) is -0.767.